The lowest BCUT2D eigenvalue weighted by atomic mass is 10.1. The molecule has 0 saturated heterocycles. The highest BCUT2D eigenvalue weighted by atomic mass is 35.5. The number of halogens is 2. The van der Waals surface area contributed by atoms with Gasteiger partial charge in [0.2, 0.25) is 5.91 Å². The highest BCUT2D eigenvalue weighted by Gasteiger charge is 2.06. The number of hydrogen-bond donors (Lipinski definition) is 1. The fraction of sp³-hybridized carbons (Fsp3) is 0.222. The molecule has 1 aromatic carbocycles. The van der Waals surface area contributed by atoms with Gasteiger partial charge < -0.3 is 9.72 Å². The molecule has 3 aromatic rings. The first-order chi connectivity index (χ1) is 11.6. The Labute approximate surface area is 150 Å². The number of nitrogens with one attached hydrogen (secondary N) is 1. The topological polar surface area (TPSA) is 46.4 Å². The first kappa shape index (κ1) is 16.8. The van der Waals surface area contributed by atoms with E-state index in [0.717, 1.165) is 16.9 Å². The number of aryl methyl sites for hydroxylation is 1. The van der Waals surface area contributed by atoms with Gasteiger partial charge in [0, 0.05) is 41.8 Å². The Morgan fingerprint density at radius 3 is 2.83 bits per heavy atom. The maximum atomic E-state index is 12.0. The molecule has 0 spiro atoms. The molecule has 124 valence electrons. The molecule has 0 saturated carbocycles. The van der Waals surface area contributed by atoms with E-state index < -0.39 is 0 Å². The van der Waals surface area contributed by atoms with Crippen LogP contribution in [-0.4, -0.2) is 21.8 Å². The number of amides is 1. The van der Waals surface area contributed by atoms with Crippen LogP contribution in [0.3, 0.4) is 0 Å². The fourth-order valence-electron chi connectivity index (χ4n) is 2.50. The van der Waals surface area contributed by atoms with Gasteiger partial charge in [-0.1, -0.05) is 35.3 Å². The van der Waals surface area contributed by atoms with Crippen LogP contribution in [-0.2, 0) is 17.6 Å². The lowest BCUT2D eigenvalue weighted by Gasteiger charge is -2.06. The number of aromatic nitrogens is 2. The van der Waals surface area contributed by atoms with Gasteiger partial charge in [-0.05, 0) is 36.2 Å². The molecule has 2 aromatic heterocycles. The molecule has 0 aliphatic heterocycles. The Morgan fingerprint density at radius 2 is 2.04 bits per heavy atom. The normalized spacial score (nSPS) is 10.9. The first-order valence-corrected chi connectivity index (χ1v) is 8.50. The molecule has 0 unspecified atom stereocenters. The van der Waals surface area contributed by atoms with Gasteiger partial charge in [0.15, 0.2) is 0 Å². The third-order valence-electron chi connectivity index (χ3n) is 3.75. The van der Waals surface area contributed by atoms with E-state index in [1.165, 1.54) is 0 Å². The lowest BCUT2D eigenvalue weighted by molar-refractivity contribution is -0.121. The van der Waals surface area contributed by atoms with Crippen LogP contribution in [0.25, 0.3) is 5.65 Å². The maximum absolute atomic E-state index is 12.0. The van der Waals surface area contributed by atoms with Gasteiger partial charge in [0.25, 0.3) is 0 Å². The van der Waals surface area contributed by atoms with Crippen molar-refractivity contribution in [2.75, 3.05) is 6.54 Å². The summed E-state index contributed by atoms with van der Waals surface area (Å²) < 4.78 is 1.97. The minimum absolute atomic E-state index is 0.00443. The second-order valence-electron chi connectivity index (χ2n) is 5.53. The molecule has 1 N–H and O–H groups in total. The van der Waals surface area contributed by atoms with Gasteiger partial charge in [-0.15, -0.1) is 0 Å². The van der Waals surface area contributed by atoms with Crippen molar-refractivity contribution >= 4 is 34.8 Å². The molecule has 4 nitrogen and oxygen atoms in total. The van der Waals surface area contributed by atoms with Gasteiger partial charge in [-0.3, -0.25) is 4.79 Å². The van der Waals surface area contributed by atoms with Crippen LogP contribution >= 0.6 is 23.2 Å². The van der Waals surface area contributed by atoms with E-state index in [4.69, 9.17) is 23.2 Å². The Bertz CT molecular complexity index is 827. The molecule has 0 atom stereocenters. The summed E-state index contributed by atoms with van der Waals surface area (Å²) >= 11 is 12.0. The number of carbonyl (C=O) groups excluding carboxylic acids is 1. The van der Waals surface area contributed by atoms with Crippen LogP contribution in [0, 0.1) is 0 Å². The van der Waals surface area contributed by atoms with Crippen molar-refractivity contribution in [1.29, 1.82) is 0 Å². The van der Waals surface area contributed by atoms with Crippen molar-refractivity contribution in [3.63, 3.8) is 0 Å². The van der Waals surface area contributed by atoms with Gasteiger partial charge in [-0.25, -0.2) is 4.98 Å². The minimum atomic E-state index is 0.00443. The molecule has 0 aliphatic carbocycles. The van der Waals surface area contributed by atoms with E-state index in [2.05, 4.69) is 10.3 Å². The molecule has 24 heavy (non-hydrogen) atoms. The van der Waals surface area contributed by atoms with Crippen molar-refractivity contribution in [2.45, 2.75) is 19.3 Å². The summed E-state index contributed by atoms with van der Waals surface area (Å²) in [6.45, 7) is 0.567. The van der Waals surface area contributed by atoms with Gasteiger partial charge in [0.1, 0.15) is 5.65 Å². The number of hydrogen-bond acceptors (Lipinski definition) is 2. The number of nitrogens with zero attached hydrogens (tertiary/aromatic N) is 2. The molecule has 0 aliphatic rings. The average molecular weight is 362 g/mol. The van der Waals surface area contributed by atoms with Crippen molar-refractivity contribution < 1.29 is 4.79 Å². The van der Waals surface area contributed by atoms with Crippen LogP contribution < -0.4 is 5.32 Å². The SMILES string of the molecule is O=C(CCc1ccc(Cl)cc1Cl)NCCc1cn2ccccc2n1. The van der Waals surface area contributed by atoms with Crippen LogP contribution in [0.2, 0.25) is 10.0 Å². The monoisotopic (exact) mass is 361 g/mol. The van der Waals surface area contributed by atoms with Crippen molar-refractivity contribution in [3.05, 3.63) is 70.1 Å². The molecule has 3 rings (SSSR count). The summed E-state index contributed by atoms with van der Waals surface area (Å²) in [6, 6.07) is 11.2. The van der Waals surface area contributed by atoms with E-state index >= 15 is 0 Å². The average Bonchev–Trinajstić information content (AvgIpc) is 2.96. The van der Waals surface area contributed by atoms with Crippen LogP contribution in [0.5, 0.6) is 0 Å². The number of fused-ring (bicyclic) bond motifs is 1. The van der Waals surface area contributed by atoms with E-state index in [9.17, 15) is 4.79 Å². The van der Waals surface area contributed by atoms with Gasteiger partial charge in [0.05, 0.1) is 5.69 Å². The Morgan fingerprint density at radius 1 is 1.17 bits per heavy atom. The first-order valence-electron chi connectivity index (χ1n) is 7.75. The molecule has 0 fully saturated rings. The summed E-state index contributed by atoms with van der Waals surface area (Å²) in [7, 11) is 0. The summed E-state index contributed by atoms with van der Waals surface area (Å²) in [4.78, 5) is 16.5. The second kappa shape index (κ2) is 7.69. The molecule has 0 bridgehead atoms. The standard InChI is InChI=1S/C18H17Cl2N3O/c19-14-6-4-13(16(20)11-14)5-7-18(24)21-9-8-15-12-23-10-2-1-3-17(23)22-15/h1-4,6,10-12H,5,7-9H2,(H,21,24). The number of carbonyl (C=O) groups is 1. The van der Waals surface area contributed by atoms with Crippen molar-refractivity contribution in [3.8, 4) is 0 Å². The quantitative estimate of drug-likeness (QED) is 0.722. The van der Waals surface area contributed by atoms with Crippen LogP contribution in [0.1, 0.15) is 17.7 Å². The molecule has 2 heterocycles. The zero-order chi connectivity index (χ0) is 16.9. The number of rotatable bonds is 6. The van der Waals surface area contributed by atoms with Crippen molar-refractivity contribution in [2.24, 2.45) is 0 Å². The minimum Gasteiger partial charge on any atom is -0.356 e. The van der Waals surface area contributed by atoms with E-state index in [1.807, 2.05) is 41.1 Å². The van der Waals surface area contributed by atoms with Crippen LogP contribution in [0.15, 0.2) is 48.8 Å². The van der Waals surface area contributed by atoms with Crippen LogP contribution in [0.4, 0.5) is 0 Å². The number of pyridine rings is 1. The smallest absolute Gasteiger partial charge is 0.220 e. The Hall–Kier alpha value is -2.04. The Kier molecular flexibility index (Phi) is 5.38. The third-order valence-corrected chi connectivity index (χ3v) is 4.34. The summed E-state index contributed by atoms with van der Waals surface area (Å²) in [6.07, 6.45) is 5.63. The molecule has 1 amide bonds. The molecule has 6 heteroatoms. The number of benzene rings is 1. The summed E-state index contributed by atoms with van der Waals surface area (Å²) in [5.41, 5.74) is 2.80. The molecular formula is C18H17Cl2N3O. The van der Waals surface area contributed by atoms with E-state index in [-0.39, 0.29) is 5.91 Å². The van der Waals surface area contributed by atoms with Gasteiger partial charge >= 0.3 is 0 Å². The fourth-order valence-corrected chi connectivity index (χ4v) is 3.00. The lowest BCUT2D eigenvalue weighted by Crippen LogP contribution is -2.26. The predicted molar refractivity (Wildman–Crippen MR) is 96.7 cm³/mol. The van der Waals surface area contributed by atoms with E-state index in [0.29, 0.717) is 35.9 Å². The zero-order valence-electron chi connectivity index (χ0n) is 13.0. The second-order valence-corrected chi connectivity index (χ2v) is 6.38. The zero-order valence-corrected chi connectivity index (χ0v) is 14.5. The summed E-state index contributed by atoms with van der Waals surface area (Å²) in [5.74, 6) is 0.00443. The van der Waals surface area contributed by atoms with E-state index in [1.54, 1.807) is 12.1 Å². The number of imidazole rings is 1. The van der Waals surface area contributed by atoms with Gasteiger partial charge in [-0.2, -0.15) is 0 Å². The molecular weight excluding hydrogens is 345 g/mol. The summed E-state index contributed by atoms with van der Waals surface area (Å²) in [5, 5.41) is 4.11. The largest absolute Gasteiger partial charge is 0.356 e. The highest BCUT2D eigenvalue weighted by molar-refractivity contribution is 6.35. The molecule has 0 radical (unpaired) electrons. The third kappa shape index (κ3) is 4.28. The van der Waals surface area contributed by atoms with Crippen molar-refractivity contribution in [1.82, 2.24) is 14.7 Å². The Balaban J connectivity index is 1.45. The maximum Gasteiger partial charge on any atom is 0.220 e. The highest BCUT2D eigenvalue weighted by Crippen LogP contribution is 2.21. The predicted octanol–water partition coefficient (Wildman–Crippen LogP) is 3.93.